The van der Waals surface area contributed by atoms with E-state index in [-0.39, 0.29) is 17.6 Å². The lowest BCUT2D eigenvalue weighted by Gasteiger charge is -2.23. The zero-order valence-electron chi connectivity index (χ0n) is 15.2. The van der Waals surface area contributed by atoms with Crippen molar-refractivity contribution in [2.45, 2.75) is 32.2 Å². The van der Waals surface area contributed by atoms with Gasteiger partial charge in [0.15, 0.2) is 5.76 Å². The van der Waals surface area contributed by atoms with Gasteiger partial charge in [-0.1, -0.05) is 17.7 Å². The van der Waals surface area contributed by atoms with E-state index in [1.807, 2.05) is 19.1 Å². The number of rotatable bonds is 6. The van der Waals surface area contributed by atoms with Gasteiger partial charge < -0.3 is 19.4 Å². The van der Waals surface area contributed by atoms with Crippen LogP contribution in [0.1, 0.15) is 34.5 Å². The van der Waals surface area contributed by atoms with Gasteiger partial charge in [0, 0.05) is 13.1 Å². The minimum absolute atomic E-state index is 0.117. The fourth-order valence-electron chi connectivity index (χ4n) is 3.37. The van der Waals surface area contributed by atoms with Crippen LogP contribution in [0.3, 0.4) is 0 Å². The fourth-order valence-corrected chi connectivity index (χ4v) is 3.37. The molecule has 1 N–H and O–H groups in total. The summed E-state index contributed by atoms with van der Waals surface area (Å²) in [6.45, 7) is 3.10. The zero-order valence-corrected chi connectivity index (χ0v) is 15.2. The first-order chi connectivity index (χ1) is 12.6. The van der Waals surface area contributed by atoms with Gasteiger partial charge in [-0.25, -0.2) is 0 Å². The molecule has 1 fully saturated rings. The van der Waals surface area contributed by atoms with E-state index in [1.54, 1.807) is 24.1 Å². The Labute approximate surface area is 153 Å². The highest BCUT2D eigenvalue weighted by molar-refractivity contribution is 5.95. The van der Waals surface area contributed by atoms with Crippen molar-refractivity contribution < 1.29 is 18.7 Å². The van der Waals surface area contributed by atoms with E-state index in [2.05, 4.69) is 11.4 Å². The number of nitrogens with zero attached hydrogens (tertiary/aromatic N) is 1. The first-order valence-electron chi connectivity index (χ1n) is 8.86. The van der Waals surface area contributed by atoms with Crippen LogP contribution in [0.5, 0.6) is 5.75 Å². The van der Waals surface area contributed by atoms with Gasteiger partial charge in [0.05, 0.1) is 13.4 Å². The lowest BCUT2D eigenvalue weighted by atomic mass is 10.1. The van der Waals surface area contributed by atoms with E-state index >= 15 is 0 Å². The summed E-state index contributed by atoms with van der Waals surface area (Å²) < 4.78 is 10.5. The second-order valence-electron chi connectivity index (χ2n) is 6.49. The number of amides is 2. The molecule has 1 saturated heterocycles. The summed E-state index contributed by atoms with van der Waals surface area (Å²) in [6.07, 6.45) is 3.63. The van der Waals surface area contributed by atoms with Crippen LogP contribution in [0.4, 0.5) is 0 Å². The van der Waals surface area contributed by atoms with Gasteiger partial charge in [0.2, 0.25) is 5.91 Å². The van der Waals surface area contributed by atoms with Crippen molar-refractivity contribution >= 4 is 11.8 Å². The molecular weight excluding hydrogens is 332 g/mol. The molecule has 0 saturated carbocycles. The van der Waals surface area contributed by atoms with E-state index in [4.69, 9.17) is 9.15 Å². The maximum absolute atomic E-state index is 12.6. The SMILES string of the molecule is COc1ccc(C)cc1CCNC(=O)C1CCCN1C(=O)c1ccco1. The maximum Gasteiger partial charge on any atom is 0.290 e. The Morgan fingerprint density at radius 2 is 2.19 bits per heavy atom. The van der Waals surface area contributed by atoms with Crippen molar-refractivity contribution in [3.8, 4) is 5.75 Å². The van der Waals surface area contributed by atoms with E-state index in [1.165, 1.54) is 6.26 Å². The molecule has 26 heavy (non-hydrogen) atoms. The molecule has 138 valence electrons. The normalized spacial score (nSPS) is 16.5. The maximum atomic E-state index is 12.6. The number of aryl methyl sites for hydroxylation is 1. The molecule has 3 rings (SSSR count). The van der Waals surface area contributed by atoms with E-state index in [9.17, 15) is 9.59 Å². The van der Waals surface area contributed by atoms with Gasteiger partial charge in [0.25, 0.3) is 5.91 Å². The molecule has 2 heterocycles. The average molecular weight is 356 g/mol. The molecule has 1 aromatic heterocycles. The van der Waals surface area contributed by atoms with Crippen LogP contribution in [0.25, 0.3) is 0 Å². The molecule has 1 aliphatic heterocycles. The first kappa shape index (κ1) is 18.0. The highest BCUT2D eigenvalue weighted by Crippen LogP contribution is 2.22. The quantitative estimate of drug-likeness (QED) is 0.863. The molecule has 1 unspecified atom stereocenters. The lowest BCUT2D eigenvalue weighted by molar-refractivity contribution is -0.124. The molecule has 1 aromatic carbocycles. The predicted molar refractivity (Wildman–Crippen MR) is 97.2 cm³/mol. The van der Waals surface area contributed by atoms with Crippen molar-refractivity contribution in [3.05, 3.63) is 53.5 Å². The summed E-state index contributed by atoms with van der Waals surface area (Å²) in [5.74, 6) is 0.747. The van der Waals surface area contributed by atoms with Crippen LogP contribution in [0.15, 0.2) is 41.0 Å². The van der Waals surface area contributed by atoms with Crippen LogP contribution in [-0.4, -0.2) is 43.0 Å². The molecule has 6 nitrogen and oxygen atoms in total. The van der Waals surface area contributed by atoms with Gasteiger partial charge in [-0.15, -0.1) is 0 Å². The van der Waals surface area contributed by atoms with Crippen molar-refractivity contribution in [1.82, 2.24) is 10.2 Å². The van der Waals surface area contributed by atoms with Crippen LogP contribution in [0.2, 0.25) is 0 Å². The molecule has 0 aliphatic carbocycles. The van der Waals surface area contributed by atoms with Gasteiger partial charge in [-0.05, 0) is 49.9 Å². The predicted octanol–water partition coefficient (Wildman–Crippen LogP) is 2.56. The van der Waals surface area contributed by atoms with Gasteiger partial charge >= 0.3 is 0 Å². The second kappa shape index (κ2) is 8.08. The number of hydrogen-bond acceptors (Lipinski definition) is 4. The number of furan rings is 1. The van der Waals surface area contributed by atoms with E-state index in [0.29, 0.717) is 25.9 Å². The largest absolute Gasteiger partial charge is 0.496 e. The molecule has 2 amide bonds. The number of likely N-dealkylation sites (tertiary alicyclic amines) is 1. The number of carbonyl (C=O) groups is 2. The van der Waals surface area contributed by atoms with Crippen LogP contribution >= 0.6 is 0 Å². The standard InChI is InChI=1S/C20H24N2O4/c1-14-7-8-17(25-2)15(13-14)9-10-21-19(23)16-5-3-11-22(16)20(24)18-6-4-12-26-18/h4,6-8,12-13,16H,3,5,9-11H2,1-2H3,(H,21,23). The zero-order chi connectivity index (χ0) is 18.5. The number of nitrogens with one attached hydrogen (secondary N) is 1. The summed E-state index contributed by atoms with van der Waals surface area (Å²) in [7, 11) is 1.64. The molecule has 0 spiro atoms. The summed E-state index contributed by atoms with van der Waals surface area (Å²) in [5, 5.41) is 2.96. The minimum atomic E-state index is -0.438. The highest BCUT2D eigenvalue weighted by Gasteiger charge is 2.35. The molecule has 1 aliphatic rings. The molecule has 0 bridgehead atoms. The Balaban J connectivity index is 1.58. The number of hydrogen-bond donors (Lipinski definition) is 1. The summed E-state index contributed by atoms with van der Waals surface area (Å²) in [6, 6.07) is 8.86. The lowest BCUT2D eigenvalue weighted by Crippen LogP contribution is -2.46. The van der Waals surface area contributed by atoms with E-state index in [0.717, 1.165) is 23.3 Å². The van der Waals surface area contributed by atoms with E-state index < -0.39 is 6.04 Å². The minimum Gasteiger partial charge on any atom is -0.496 e. The Morgan fingerprint density at radius 1 is 1.35 bits per heavy atom. The number of methoxy groups -OCH3 is 1. The Bertz CT molecular complexity index is 770. The summed E-state index contributed by atoms with van der Waals surface area (Å²) >= 11 is 0. The van der Waals surface area contributed by atoms with Crippen molar-refractivity contribution in [3.63, 3.8) is 0 Å². The van der Waals surface area contributed by atoms with Crippen molar-refractivity contribution in [2.24, 2.45) is 0 Å². The monoisotopic (exact) mass is 356 g/mol. The molecule has 2 aromatic rings. The Kier molecular flexibility index (Phi) is 5.61. The number of benzene rings is 1. The van der Waals surface area contributed by atoms with Crippen molar-refractivity contribution in [2.75, 3.05) is 20.2 Å². The van der Waals surface area contributed by atoms with Gasteiger partial charge in [-0.2, -0.15) is 0 Å². The Morgan fingerprint density at radius 3 is 2.92 bits per heavy atom. The number of ether oxygens (including phenoxy) is 1. The van der Waals surface area contributed by atoms with Gasteiger partial charge in [-0.3, -0.25) is 9.59 Å². The Hall–Kier alpha value is -2.76. The summed E-state index contributed by atoms with van der Waals surface area (Å²) in [4.78, 5) is 26.6. The number of carbonyl (C=O) groups excluding carboxylic acids is 2. The summed E-state index contributed by atoms with van der Waals surface area (Å²) in [5.41, 5.74) is 2.21. The third kappa shape index (κ3) is 3.90. The smallest absolute Gasteiger partial charge is 0.290 e. The van der Waals surface area contributed by atoms with Crippen molar-refractivity contribution in [1.29, 1.82) is 0 Å². The van der Waals surface area contributed by atoms with Crippen LogP contribution < -0.4 is 10.1 Å². The molecule has 6 heteroatoms. The third-order valence-corrected chi connectivity index (χ3v) is 4.68. The fraction of sp³-hybridized carbons (Fsp3) is 0.400. The molecule has 1 atom stereocenters. The molecular formula is C20H24N2O4. The molecule has 0 radical (unpaired) electrons. The van der Waals surface area contributed by atoms with Gasteiger partial charge in [0.1, 0.15) is 11.8 Å². The second-order valence-corrected chi connectivity index (χ2v) is 6.49. The van der Waals surface area contributed by atoms with Crippen LogP contribution in [0, 0.1) is 6.92 Å². The third-order valence-electron chi connectivity index (χ3n) is 4.68. The highest BCUT2D eigenvalue weighted by atomic mass is 16.5. The topological polar surface area (TPSA) is 71.8 Å². The van der Waals surface area contributed by atoms with Crippen LogP contribution in [-0.2, 0) is 11.2 Å². The average Bonchev–Trinajstić information content (AvgIpc) is 3.33. The first-order valence-corrected chi connectivity index (χ1v) is 8.86.